The molecular formula is C21H23FN2O4. The van der Waals surface area contributed by atoms with Crippen molar-refractivity contribution >= 4 is 23.5 Å². The standard InChI is InChI=1S/C21H23FN2O4/c1-4-28-18(25)14-9-11-16(12-10-14)24-20(27)21(2,3)19(26)23-13-15-7-5-6-8-17(15)22/h5-12H,4,13H2,1-3H3,(H,23,26)(H,24,27). The topological polar surface area (TPSA) is 84.5 Å². The molecule has 0 heterocycles. The summed E-state index contributed by atoms with van der Waals surface area (Å²) in [5.41, 5.74) is -0.248. The zero-order chi connectivity index (χ0) is 20.7. The fourth-order valence-corrected chi connectivity index (χ4v) is 2.33. The molecule has 28 heavy (non-hydrogen) atoms. The van der Waals surface area contributed by atoms with Crippen LogP contribution in [0.2, 0.25) is 0 Å². The predicted octanol–water partition coefficient (Wildman–Crippen LogP) is 3.28. The molecule has 2 aromatic carbocycles. The van der Waals surface area contributed by atoms with Gasteiger partial charge in [0.1, 0.15) is 11.2 Å². The van der Waals surface area contributed by atoms with Gasteiger partial charge in [0.2, 0.25) is 11.8 Å². The number of amides is 2. The number of carbonyl (C=O) groups is 3. The third-order valence-electron chi connectivity index (χ3n) is 4.19. The summed E-state index contributed by atoms with van der Waals surface area (Å²) in [4.78, 5) is 36.6. The fraction of sp³-hybridized carbons (Fsp3) is 0.286. The van der Waals surface area contributed by atoms with Crippen LogP contribution in [-0.2, 0) is 20.9 Å². The molecule has 0 spiro atoms. The lowest BCUT2D eigenvalue weighted by Gasteiger charge is -2.23. The van der Waals surface area contributed by atoms with E-state index in [1.807, 2.05) is 0 Å². The first-order valence-corrected chi connectivity index (χ1v) is 8.86. The van der Waals surface area contributed by atoms with Gasteiger partial charge in [0, 0.05) is 17.8 Å². The Labute approximate surface area is 163 Å². The zero-order valence-electron chi connectivity index (χ0n) is 16.0. The Balaban J connectivity index is 1.98. The average molecular weight is 386 g/mol. The third-order valence-corrected chi connectivity index (χ3v) is 4.19. The van der Waals surface area contributed by atoms with Crippen molar-refractivity contribution in [3.05, 3.63) is 65.5 Å². The van der Waals surface area contributed by atoms with E-state index >= 15 is 0 Å². The smallest absolute Gasteiger partial charge is 0.338 e. The second-order valence-corrected chi connectivity index (χ2v) is 6.65. The van der Waals surface area contributed by atoms with E-state index in [4.69, 9.17) is 4.74 Å². The number of hydrogen-bond donors (Lipinski definition) is 2. The average Bonchev–Trinajstić information content (AvgIpc) is 2.67. The van der Waals surface area contributed by atoms with Gasteiger partial charge in [-0.05, 0) is 51.1 Å². The predicted molar refractivity (Wildman–Crippen MR) is 103 cm³/mol. The number of anilines is 1. The van der Waals surface area contributed by atoms with Crippen molar-refractivity contribution in [1.82, 2.24) is 5.32 Å². The van der Waals surface area contributed by atoms with Crippen LogP contribution in [-0.4, -0.2) is 24.4 Å². The summed E-state index contributed by atoms with van der Waals surface area (Å²) in [5, 5.41) is 5.23. The Hall–Kier alpha value is -3.22. The molecule has 0 fully saturated rings. The molecule has 2 amide bonds. The van der Waals surface area contributed by atoms with Gasteiger partial charge in [-0.3, -0.25) is 9.59 Å². The number of nitrogens with one attached hydrogen (secondary N) is 2. The van der Waals surface area contributed by atoms with Gasteiger partial charge in [-0.25, -0.2) is 9.18 Å². The maximum Gasteiger partial charge on any atom is 0.338 e. The molecule has 2 rings (SSSR count). The molecule has 0 atom stereocenters. The van der Waals surface area contributed by atoms with E-state index in [9.17, 15) is 18.8 Å². The first kappa shape index (κ1) is 21.1. The van der Waals surface area contributed by atoms with Crippen molar-refractivity contribution in [1.29, 1.82) is 0 Å². The van der Waals surface area contributed by atoms with Crippen molar-refractivity contribution in [2.75, 3.05) is 11.9 Å². The van der Waals surface area contributed by atoms with Gasteiger partial charge in [0.25, 0.3) is 0 Å². The molecule has 7 heteroatoms. The van der Waals surface area contributed by atoms with Crippen LogP contribution in [0, 0.1) is 11.2 Å². The van der Waals surface area contributed by atoms with Gasteiger partial charge < -0.3 is 15.4 Å². The lowest BCUT2D eigenvalue weighted by atomic mass is 9.90. The van der Waals surface area contributed by atoms with Gasteiger partial charge in [-0.15, -0.1) is 0 Å². The highest BCUT2D eigenvalue weighted by molar-refractivity contribution is 6.09. The molecule has 0 bridgehead atoms. The summed E-state index contributed by atoms with van der Waals surface area (Å²) < 4.78 is 18.6. The van der Waals surface area contributed by atoms with Gasteiger partial charge in [-0.2, -0.15) is 0 Å². The van der Waals surface area contributed by atoms with Gasteiger partial charge in [0.05, 0.1) is 12.2 Å². The van der Waals surface area contributed by atoms with Crippen molar-refractivity contribution in [2.45, 2.75) is 27.3 Å². The van der Waals surface area contributed by atoms with Crippen molar-refractivity contribution in [2.24, 2.45) is 5.41 Å². The lowest BCUT2D eigenvalue weighted by molar-refractivity contribution is -0.138. The van der Waals surface area contributed by atoms with Gasteiger partial charge in [-0.1, -0.05) is 18.2 Å². The zero-order valence-corrected chi connectivity index (χ0v) is 16.0. The molecule has 0 aliphatic rings. The van der Waals surface area contributed by atoms with Crippen LogP contribution in [0.25, 0.3) is 0 Å². The van der Waals surface area contributed by atoms with E-state index in [0.717, 1.165) is 0 Å². The number of rotatable bonds is 7. The fourth-order valence-electron chi connectivity index (χ4n) is 2.33. The number of ether oxygens (including phenoxy) is 1. The van der Waals surface area contributed by atoms with E-state index in [1.165, 1.54) is 32.0 Å². The Kier molecular flexibility index (Phi) is 6.87. The minimum atomic E-state index is -1.38. The largest absolute Gasteiger partial charge is 0.462 e. The normalized spacial score (nSPS) is 10.9. The van der Waals surface area contributed by atoms with Crippen LogP contribution >= 0.6 is 0 Å². The SMILES string of the molecule is CCOC(=O)c1ccc(NC(=O)C(C)(C)C(=O)NCc2ccccc2F)cc1. The molecular weight excluding hydrogens is 363 g/mol. The molecule has 0 saturated carbocycles. The molecule has 148 valence electrons. The van der Waals surface area contributed by atoms with Crippen molar-refractivity contribution in [3.8, 4) is 0 Å². The maximum absolute atomic E-state index is 13.7. The van der Waals surface area contributed by atoms with Crippen molar-refractivity contribution < 1.29 is 23.5 Å². The third kappa shape index (κ3) is 5.16. The Morgan fingerprint density at radius 2 is 1.64 bits per heavy atom. The lowest BCUT2D eigenvalue weighted by Crippen LogP contribution is -2.45. The number of esters is 1. The summed E-state index contributed by atoms with van der Waals surface area (Å²) in [6.07, 6.45) is 0. The number of halogens is 1. The van der Waals surface area contributed by atoms with E-state index < -0.39 is 29.0 Å². The maximum atomic E-state index is 13.7. The van der Waals surface area contributed by atoms with Gasteiger partial charge >= 0.3 is 5.97 Å². The summed E-state index contributed by atoms with van der Waals surface area (Å²) in [6, 6.07) is 12.3. The first-order valence-electron chi connectivity index (χ1n) is 8.86. The monoisotopic (exact) mass is 386 g/mol. The van der Waals surface area contributed by atoms with E-state index in [0.29, 0.717) is 16.8 Å². The van der Waals surface area contributed by atoms with Crippen LogP contribution < -0.4 is 10.6 Å². The van der Waals surface area contributed by atoms with Crippen LogP contribution in [0.5, 0.6) is 0 Å². The minimum absolute atomic E-state index is 0.0174. The second kappa shape index (κ2) is 9.12. The molecule has 0 aromatic heterocycles. The quantitative estimate of drug-likeness (QED) is 0.565. The molecule has 0 radical (unpaired) electrons. The molecule has 2 N–H and O–H groups in total. The summed E-state index contributed by atoms with van der Waals surface area (Å²) in [7, 11) is 0. The molecule has 0 saturated heterocycles. The highest BCUT2D eigenvalue weighted by Gasteiger charge is 2.36. The van der Waals surface area contributed by atoms with Gasteiger partial charge in [0.15, 0.2) is 0 Å². The minimum Gasteiger partial charge on any atom is -0.462 e. The van der Waals surface area contributed by atoms with Crippen LogP contribution in [0.1, 0.15) is 36.7 Å². The van der Waals surface area contributed by atoms with E-state index in [1.54, 1.807) is 37.3 Å². The van der Waals surface area contributed by atoms with Crippen LogP contribution in [0.15, 0.2) is 48.5 Å². The molecule has 0 unspecified atom stereocenters. The second-order valence-electron chi connectivity index (χ2n) is 6.65. The summed E-state index contributed by atoms with van der Waals surface area (Å²) in [5.74, 6) is -1.93. The number of carbonyl (C=O) groups excluding carboxylic acids is 3. The number of benzene rings is 2. The Morgan fingerprint density at radius 1 is 1.00 bits per heavy atom. The van der Waals surface area contributed by atoms with Crippen molar-refractivity contribution in [3.63, 3.8) is 0 Å². The summed E-state index contributed by atoms with van der Waals surface area (Å²) in [6.45, 7) is 4.92. The van der Waals surface area contributed by atoms with Crippen LogP contribution in [0.4, 0.5) is 10.1 Å². The Bertz CT molecular complexity index is 863. The molecule has 6 nitrogen and oxygen atoms in total. The van der Waals surface area contributed by atoms with E-state index in [2.05, 4.69) is 10.6 Å². The highest BCUT2D eigenvalue weighted by Crippen LogP contribution is 2.20. The first-order chi connectivity index (χ1) is 13.3. The molecule has 2 aromatic rings. The van der Waals surface area contributed by atoms with Crippen LogP contribution in [0.3, 0.4) is 0 Å². The Morgan fingerprint density at radius 3 is 2.25 bits per heavy atom. The molecule has 0 aliphatic carbocycles. The number of hydrogen-bond acceptors (Lipinski definition) is 4. The van der Waals surface area contributed by atoms with E-state index in [-0.39, 0.29) is 13.2 Å². The summed E-state index contributed by atoms with van der Waals surface area (Å²) >= 11 is 0. The highest BCUT2D eigenvalue weighted by atomic mass is 19.1. The molecule has 0 aliphatic heterocycles.